The van der Waals surface area contributed by atoms with Crippen molar-refractivity contribution in [1.82, 2.24) is 9.80 Å². The second kappa shape index (κ2) is 7.92. The van der Waals surface area contributed by atoms with Crippen molar-refractivity contribution >= 4 is 12.0 Å². The molecule has 0 aromatic heterocycles. The molecule has 0 aromatic rings. The van der Waals surface area contributed by atoms with Gasteiger partial charge >= 0.3 is 12.0 Å². The number of carbonyl (C=O) groups is 2. The van der Waals surface area contributed by atoms with E-state index in [1.165, 1.54) is 0 Å². The van der Waals surface area contributed by atoms with Crippen LogP contribution in [-0.4, -0.2) is 52.6 Å². The molecular formula is C15H26N2O3. The Morgan fingerprint density at radius 2 is 2.20 bits per heavy atom. The average molecular weight is 282 g/mol. The number of hydrogen-bond acceptors (Lipinski definition) is 2. The third-order valence-corrected chi connectivity index (χ3v) is 3.75. The molecule has 1 aliphatic heterocycles. The zero-order chi connectivity index (χ0) is 15.1. The fourth-order valence-electron chi connectivity index (χ4n) is 2.63. The molecule has 0 spiro atoms. The Morgan fingerprint density at radius 1 is 1.50 bits per heavy atom. The predicted molar refractivity (Wildman–Crippen MR) is 78.6 cm³/mol. The van der Waals surface area contributed by atoms with Gasteiger partial charge in [0.05, 0.1) is 0 Å². The minimum Gasteiger partial charge on any atom is -0.481 e. The van der Waals surface area contributed by atoms with Gasteiger partial charge in [-0.3, -0.25) is 4.79 Å². The number of carboxylic acids is 1. The molecule has 0 aliphatic carbocycles. The molecule has 1 atom stereocenters. The summed E-state index contributed by atoms with van der Waals surface area (Å²) in [5, 5.41) is 8.75. The smallest absolute Gasteiger partial charge is 0.320 e. The lowest BCUT2D eigenvalue weighted by Crippen LogP contribution is -2.49. The van der Waals surface area contributed by atoms with Crippen LogP contribution in [0.4, 0.5) is 4.79 Å². The van der Waals surface area contributed by atoms with E-state index >= 15 is 0 Å². The summed E-state index contributed by atoms with van der Waals surface area (Å²) in [5.74, 6) is -0.453. The van der Waals surface area contributed by atoms with Gasteiger partial charge in [-0.1, -0.05) is 6.08 Å². The van der Waals surface area contributed by atoms with Crippen LogP contribution in [0, 0.1) is 5.92 Å². The Morgan fingerprint density at radius 3 is 2.75 bits per heavy atom. The molecule has 20 heavy (non-hydrogen) atoms. The summed E-state index contributed by atoms with van der Waals surface area (Å²) in [4.78, 5) is 26.8. The van der Waals surface area contributed by atoms with Gasteiger partial charge < -0.3 is 14.9 Å². The molecule has 5 nitrogen and oxygen atoms in total. The van der Waals surface area contributed by atoms with Crippen molar-refractivity contribution in [3.8, 4) is 0 Å². The molecular weight excluding hydrogens is 256 g/mol. The standard InChI is InChI=1S/C15H26N2O3/c1-4-9-17(12(2)3)15(20)16-10-5-6-13(11-16)7-8-14(18)19/h4,12-13H,1,5-11H2,2-3H3,(H,18,19). The van der Waals surface area contributed by atoms with Crippen LogP contribution in [0.2, 0.25) is 0 Å². The number of piperidine rings is 1. The van der Waals surface area contributed by atoms with Crippen molar-refractivity contribution in [2.75, 3.05) is 19.6 Å². The third-order valence-electron chi connectivity index (χ3n) is 3.75. The van der Waals surface area contributed by atoms with Crippen LogP contribution in [0.15, 0.2) is 12.7 Å². The summed E-state index contributed by atoms with van der Waals surface area (Å²) >= 11 is 0. The molecule has 1 unspecified atom stereocenters. The van der Waals surface area contributed by atoms with E-state index < -0.39 is 5.97 Å². The molecule has 1 saturated heterocycles. The number of carbonyl (C=O) groups excluding carboxylic acids is 1. The van der Waals surface area contributed by atoms with Crippen molar-refractivity contribution in [3.63, 3.8) is 0 Å². The maximum atomic E-state index is 12.5. The summed E-state index contributed by atoms with van der Waals surface area (Å²) in [5.41, 5.74) is 0. The molecule has 0 aromatic carbocycles. The van der Waals surface area contributed by atoms with E-state index in [0.717, 1.165) is 19.4 Å². The molecule has 1 heterocycles. The fraction of sp³-hybridized carbons (Fsp3) is 0.733. The molecule has 1 rings (SSSR count). The number of carboxylic acid groups (broad SMARTS) is 1. The van der Waals surface area contributed by atoms with E-state index in [4.69, 9.17) is 5.11 Å². The zero-order valence-corrected chi connectivity index (χ0v) is 12.5. The Hall–Kier alpha value is -1.52. The topological polar surface area (TPSA) is 60.9 Å². The van der Waals surface area contributed by atoms with Crippen LogP contribution >= 0.6 is 0 Å². The Balaban J connectivity index is 2.58. The number of aliphatic carboxylic acids is 1. The van der Waals surface area contributed by atoms with Crippen molar-refractivity contribution in [1.29, 1.82) is 0 Å². The summed E-state index contributed by atoms with van der Waals surface area (Å²) in [6, 6.07) is 0.180. The number of likely N-dealkylation sites (tertiary alicyclic amines) is 1. The predicted octanol–water partition coefficient (Wildman–Crippen LogP) is 2.58. The average Bonchev–Trinajstić information content (AvgIpc) is 2.41. The number of amides is 2. The van der Waals surface area contributed by atoms with Gasteiger partial charge in [0.1, 0.15) is 0 Å². The lowest BCUT2D eigenvalue weighted by atomic mass is 9.93. The Bertz CT molecular complexity index is 355. The second-order valence-electron chi connectivity index (χ2n) is 5.70. The largest absolute Gasteiger partial charge is 0.481 e. The molecule has 0 saturated carbocycles. The molecule has 1 aliphatic rings. The van der Waals surface area contributed by atoms with Crippen molar-refractivity contribution in [2.24, 2.45) is 5.92 Å². The van der Waals surface area contributed by atoms with Crippen LogP contribution in [-0.2, 0) is 4.79 Å². The first-order chi connectivity index (χ1) is 9.45. The molecule has 114 valence electrons. The van der Waals surface area contributed by atoms with E-state index in [1.807, 2.05) is 18.7 Å². The van der Waals surface area contributed by atoms with Gasteiger partial charge in [-0.05, 0) is 39.0 Å². The van der Waals surface area contributed by atoms with Gasteiger partial charge in [-0.25, -0.2) is 4.79 Å². The summed E-state index contributed by atoms with van der Waals surface area (Å²) < 4.78 is 0. The SMILES string of the molecule is C=CCN(C(=O)N1CCCC(CCC(=O)O)C1)C(C)C. The molecule has 1 fully saturated rings. The van der Waals surface area contributed by atoms with Gasteiger partial charge in [-0.15, -0.1) is 6.58 Å². The van der Waals surface area contributed by atoms with E-state index in [9.17, 15) is 9.59 Å². The number of rotatable bonds is 6. The zero-order valence-electron chi connectivity index (χ0n) is 12.5. The fourth-order valence-corrected chi connectivity index (χ4v) is 2.63. The lowest BCUT2D eigenvalue weighted by molar-refractivity contribution is -0.137. The summed E-state index contributed by atoms with van der Waals surface area (Å²) in [6.07, 6.45) is 4.55. The normalized spacial score (nSPS) is 18.9. The van der Waals surface area contributed by atoms with E-state index in [0.29, 0.717) is 25.4 Å². The highest BCUT2D eigenvalue weighted by Gasteiger charge is 2.27. The van der Waals surface area contributed by atoms with Gasteiger partial charge in [-0.2, -0.15) is 0 Å². The maximum absolute atomic E-state index is 12.5. The van der Waals surface area contributed by atoms with Gasteiger partial charge in [0.2, 0.25) is 0 Å². The van der Waals surface area contributed by atoms with Crippen LogP contribution in [0.1, 0.15) is 39.5 Å². The first-order valence-corrected chi connectivity index (χ1v) is 7.34. The number of hydrogen-bond donors (Lipinski definition) is 1. The number of nitrogens with zero attached hydrogens (tertiary/aromatic N) is 2. The lowest BCUT2D eigenvalue weighted by Gasteiger charge is -2.37. The highest BCUT2D eigenvalue weighted by molar-refractivity contribution is 5.75. The van der Waals surface area contributed by atoms with Gasteiger partial charge in [0, 0.05) is 32.1 Å². The van der Waals surface area contributed by atoms with Crippen molar-refractivity contribution < 1.29 is 14.7 Å². The quantitative estimate of drug-likeness (QED) is 0.762. The molecule has 2 amide bonds. The van der Waals surface area contributed by atoms with Crippen molar-refractivity contribution in [2.45, 2.75) is 45.6 Å². The Kier molecular flexibility index (Phi) is 6.55. The van der Waals surface area contributed by atoms with Gasteiger partial charge in [0.15, 0.2) is 0 Å². The first kappa shape index (κ1) is 16.5. The van der Waals surface area contributed by atoms with Crippen LogP contribution < -0.4 is 0 Å². The summed E-state index contributed by atoms with van der Waals surface area (Å²) in [6.45, 7) is 9.67. The highest BCUT2D eigenvalue weighted by Crippen LogP contribution is 2.22. The van der Waals surface area contributed by atoms with Gasteiger partial charge in [0.25, 0.3) is 0 Å². The Labute approximate surface area is 121 Å². The van der Waals surface area contributed by atoms with Crippen LogP contribution in [0.25, 0.3) is 0 Å². The molecule has 1 N–H and O–H groups in total. The molecule has 0 bridgehead atoms. The first-order valence-electron chi connectivity index (χ1n) is 7.34. The van der Waals surface area contributed by atoms with E-state index in [1.54, 1.807) is 11.0 Å². The van der Waals surface area contributed by atoms with E-state index in [-0.39, 0.29) is 18.5 Å². The maximum Gasteiger partial charge on any atom is 0.320 e. The highest BCUT2D eigenvalue weighted by atomic mass is 16.4. The molecule has 5 heteroatoms. The van der Waals surface area contributed by atoms with E-state index in [2.05, 4.69) is 6.58 Å². The summed E-state index contributed by atoms with van der Waals surface area (Å²) in [7, 11) is 0. The van der Waals surface area contributed by atoms with Crippen LogP contribution in [0.5, 0.6) is 0 Å². The monoisotopic (exact) mass is 282 g/mol. The van der Waals surface area contributed by atoms with Crippen molar-refractivity contribution in [3.05, 3.63) is 12.7 Å². The van der Waals surface area contributed by atoms with Crippen LogP contribution in [0.3, 0.4) is 0 Å². The minimum atomic E-state index is -0.760. The minimum absolute atomic E-state index is 0.0416. The third kappa shape index (κ3) is 4.87. The molecule has 0 radical (unpaired) electrons. The number of urea groups is 1. The second-order valence-corrected chi connectivity index (χ2v) is 5.70.